The maximum atomic E-state index is 6.25. The Balaban J connectivity index is -0.00000000500. The minimum absolute atomic E-state index is 0. The molecule has 4 heavy (non-hydrogen) atoms. The van der Waals surface area contributed by atoms with E-state index < -0.39 is 0 Å². The van der Waals surface area contributed by atoms with Crippen LogP contribution in [0.3, 0.4) is 0 Å². The first-order chi connectivity index (χ1) is 1.00. The van der Waals surface area contributed by atoms with E-state index in [1.807, 2.05) is 0 Å². The van der Waals surface area contributed by atoms with Crippen LogP contribution in [0.2, 0.25) is 0 Å². The molecule has 0 rings (SSSR count). The number of nitrogens with zero attached hydrogens (tertiary/aromatic N) is 1. The van der Waals surface area contributed by atoms with Gasteiger partial charge < -0.3 is 11.8 Å². The van der Waals surface area contributed by atoms with E-state index in [0.717, 1.165) is 0 Å². The summed E-state index contributed by atoms with van der Waals surface area (Å²) in [7, 11) is 0. The molecule has 0 aliphatic carbocycles. The second-order valence-corrected chi connectivity index (χ2v) is 0. The summed E-state index contributed by atoms with van der Waals surface area (Å²) < 4.78 is 0. The van der Waals surface area contributed by atoms with E-state index in [1.54, 1.807) is 0 Å². The van der Waals surface area contributed by atoms with Gasteiger partial charge in [0.2, 0.25) is 0 Å². The molecule has 3 heteroatoms. The average molecular weight is 138 g/mol. The minimum atomic E-state index is 0. The zero-order chi connectivity index (χ0) is 2.00. The van der Waals surface area contributed by atoms with Gasteiger partial charge in [0, 0.05) is 0 Å². The van der Waals surface area contributed by atoms with Crippen molar-refractivity contribution in [3.05, 3.63) is 6.57 Å². The molecule has 0 saturated carbocycles. The third-order valence-electron chi connectivity index (χ3n) is 0. The Morgan fingerprint density at radius 1 is 1.00 bits per heavy atom. The van der Waals surface area contributed by atoms with Crippen LogP contribution in [-0.2, 0) is 34.1 Å². The monoisotopic (exact) mass is 138 g/mol. The quantitative estimate of drug-likeness (QED) is 0.343. The molecule has 0 aliphatic heterocycles. The van der Waals surface area contributed by atoms with Gasteiger partial charge in [-0.05, 0) is 0 Å². The first-order valence-corrected chi connectivity index (χ1v) is 0.224. The fourth-order valence-corrected chi connectivity index (χ4v) is 0. The van der Waals surface area contributed by atoms with Gasteiger partial charge in [0.15, 0.2) is 0 Å². The van der Waals surface area contributed by atoms with Gasteiger partial charge in [-0.1, -0.05) is 0 Å². The third kappa shape index (κ3) is 21.1. The summed E-state index contributed by atoms with van der Waals surface area (Å²) in [6, 6.07) is 0. The van der Waals surface area contributed by atoms with E-state index in [2.05, 4.69) is 0 Å². The largest absolute Gasteiger partial charge is 2.00 e. The predicted octanol–water partition coefficient (Wildman–Crippen LogP) is 0.0914. The Morgan fingerprint density at radius 3 is 1.00 bits per heavy atom. The molecular formula is CFe2N+3. The molecule has 0 aromatic heterocycles. The van der Waals surface area contributed by atoms with Crippen LogP contribution in [0.25, 0.3) is 0 Å². The topological polar surface area (TPSA) is 23.8 Å². The van der Waals surface area contributed by atoms with E-state index in [1.165, 1.54) is 0 Å². The molecule has 0 aromatic carbocycles. The zero-order valence-corrected chi connectivity index (χ0v) is 3.86. The van der Waals surface area contributed by atoms with Crippen molar-refractivity contribution in [3.8, 4) is 0 Å². The van der Waals surface area contributed by atoms with Crippen LogP contribution in [0.4, 0.5) is 0 Å². The standard InChI is InChI=1S/CN.2Fe/c1-2;;/q-1;2*+2. The summed E-state index contributed by atoms with van der Waals surface area (Å²) >= 11 is 0. The van der Waals surface area contributed by atoms with Gasteiger partial charge in [0.25, 0.3) is 0 Å². The SMILES string of the molecule is [C-]#N.[Fe+2].[Fe+2]. The van der Waals surface area contributed by atoms with Crippen LogP contribution in [0.5, 0.6) is 0 Å². The molecular weight excluding hydrogens is 138 g/mol. The normalized spacial score (nSPS) is 0.500. The van der Waals surface area contributed by atoms with Gasteiger partial charge in [-0.2, -0.15) is 0 Å². The first-order valence-electron chi connectivity index (χ1n) is 0.224. The van der Waals surface area contributed by atoms with Gasteiger partial charge in [-0.15, -0.1) is 0 Å². The molecule has 0 unspecified atom stereocenters. The summed E-state index contributed by atoms with van der Waals surface area (Å²) in [5.74, 6) is 0. The molecule has 0 heterocycles. The van der Waals surface area contributed by atoms with E-state index in [4.69, 9.17) is 11.8 Å². The molecule has 0 amide bonds. The number of hydrogen-bond donors (Lipinski definition) is 0. The second kappa shape index (κ2) is 80.7. The van der Waals surface area contributed by atoms with E-state index in [9.17, 15) is 0 Å². The summed E-state index contributed by atoms with van der Waals surface area (Å²) in [5.41, 5.74) is 0. The van der Waals surface area contributed by atoms with Gasteiger partial charge >= 0.3 is 34.1 Å². The molecule has 0 aliphatic rings. The van der Waals surface area contributed by atoms with Crippen molar-refractivity contribution in [1.82, 2.24) is 0 Å². The number of hydrogen-bond acceptors (Lipinski definition) is 1. The van der Waals surface area contributed by atoms with Crippen LogP contribution in [0, 0.1) is 11.8 Å². The third-order valence-corrected chi connectivity index (χ3v) is 0. The Hall–Kier alpha value is 0.529. The van der Waals surface area contributed by atoms with Crippen molar-refractivity contribution in [3.63, 3.8) is 0 Å². The Kier molecular flexibility index (Phi) is 487. The molecule has 22 valence electrons. The van der Waals surface area contributed by atoms with E-state index >= 15 is 0 Å². The molecule has 0 radical (unpaired) electrons. The van der Waals surface area contributed by atoms with Crippen molar-refractivity contribution < 1.29 is 34.1 Å². The Morgan fingerprint density at radius 2 is 1.00 bits per heavy atom. The van der Waals surface area contributed by atoms with Gasteiger partial charge in [0.1, 0.15) is 0 Å². The van der Waals surface area contributed by atoms with Crippen LogP contribution >= 0.6 is 0 Å². The summed E-state index contributed by atoms with van der Waals surface area (Å²) in [6.07, 6.45) is 0. The zero-order valence-electron chi connectivity index (χ0n) is 1.65. The molecule has 0 saturated heterocycles. The minimum Gasteiger partial charge on any atom is -0.512 e. The maximum absolute atomic E-state index is 6.25. The smallest absolute Gasteiger partial charge is 0.512 e. The fraction of sp³-hybridized carbons (Fsp3) is 0. The molecule has 0 atom stereocenters. The Bertz CT molecular complexity index is 10.8. The van der Waals surface area contributed by atoms with Crippen LogP contribution in [0.1, 0.15) is 0 Å². The molecule has 0 spiro atoms. The van der Waals surface area contributed by atoms with Gasteiger partial charge in [-0.25, -0.2) is 0 Å². The van der Waals surface area contributed by atoms with Crippen molar-refractivity contribution >= 4 is 0 Å². The molecule has 0 N–H and O–H groups in total. The van der Waals surface area contributed by atoms with Crippen molar-refractivity contribution in [2.45, 2.75) is 0 Å². The first kappa shape index (κ1) is 24.1. The Labute approximate surface area is 46.3 Å². The van der Waals surface area contributed by atoms with Crippen molar-refractivity contribution in [2.75, 3.05) is 0 Å². The summed E-state index contributed by atoms with van der Waals surface area (Å²) in [4.78, 5) is 0. The van der Waals surface area contributed by atoms with E-state index in [-0.39, 0.29) is 34.1 Å². The molecule has 0 bridgehead atoms. The average Bonchev–Trinajstić information content (AvgIpc) is 1.00. The summed E-state index contributed by atoms with van der Waals surface area (Å²) in [6.45, 7) is 4.75. The van der Waals surface area contributed by atoms with E-state index in [0.29, 0.717) is 0 Å². The van der Waals surface area contributed by atoms with Gasteiger partial charge in [-0.3, -0.25) is 0 Å². The van der Waals surface area contributed by atoms with Crippen LogP contribution in [-0.4, -0.2) is 0 Å². The fourth-order valence-electron chi connectivity index (χ4n) is 0. The van der Waals surface area contributed by atoms with Crippen molar-refractivity contribution in [2.24, 2.45) is 0 Å². The number of rotatable bonds is 0. The molecule has 1 nitrogen and oxygen atoms in total. The molecule has 0 aromatic rings. The maximum Gasteiger partial charge on any atom is 2.00 e. The van der Waals surface area contributed by atoms with Crippen LogP contribution in [0.15, 0.2) is 0 Å². The molecule has 0 fully saturated rings. The predicted molar refractivity (Wildman–Crippen MR) is 4.97 cm³/mol. The van der Waals surface area contributed by atoms with Gasteiger partial charge in [0.05, 0.1) is 0 Å². The summed E-state index contributed by atoms with van der Waals surface area (Å²) in [5, 5.41) is 6.25. The van der Waals surface area contributed by atoms with Crippen molar-refractivity contribution in [1.29, 1.82) is 5.26 Å². The van der Waals surface area contributed by atoms with Crippen LogP contribution < -0.4 is 0 Å². The second-order valence-electron chi connectivity index (χ2n) is 0.